The Bertz CT molecular complexity index is 925. The van der Waals surface area contributed by atoms with Crippen molar-refractivity contribution in [2.24, 2.45) is 0 Å². The van der Waals surface area contributed by atoms with E-state index in [-0.39, 0.29) is 12.1 Å². The third-order valence-corrected chi connectivity index (χ3v) is 5.02. The maximum Gasteiger partial charge on any atom is 0.213 e. The van der Waals surface area contributed by atoms with Crippen LogP contribution in [0.25, 0.3) is 0 Å². The summed E-state index contributed by atoms with van der Waals surface area (Å²) in [6.07, 6.45) is 1.42. The van der Waals surface area contributed by atoms with Crippen molar-refractivity contribution in [2.45, 2.75) is 18.7 Å². The smallest absolute Gasteiger partial charge is 0.213 e. The van der Waals surface area contributed by atoms with Crippen LogP contribution in [-0.2, 0) is 11.3 Å². The molecule has 0 aliphatic carbocycles. The number of halogens is 2. The number of nitrogens with zero attached hydrogens (tertiary/aromatic N) is 2. The molecule has 0 unspecified atom stereocenters. The first-order chi connectivity index (χ1) is 14.2. The number of hydrogen-bond donors (Lipinski definition) is 0. The molecule has 0 amide bonds. The van der Waals surface area contributed by atoms with Crippen LogP contribution in [0.15, 0.2) is 72.9 Å². The van der Waals surface area contributed by atoms with Crippen molar-refractivity contribution in [2.75, 3.05) is 19.8 Å². The first-order valence-electron chi connectivity index (χ1n) is 9.59. The lowest BCUT2D eigenvalue weighted by Crippen LogP contribution is -2.47. The molecule has 1 fully saturated rings. The lowest BCUT2D eigenvalue weighted by atomic mass is 9.97. The van der Waals surface area contributed by atoms with Crippen LogP contribution in [0, 0.1) is 11.6 Å². The van der Waals surface area contributed by atoms with E-state index in [1.54, 1.807) is 12.3 Å². The maximum atomic E-state index is 14.3. The normalized spacial score (nSPS) is 19.8. The summed E-state index contributed by atoms with van der Waals surface area (Å²) in [5.41, 5.74) is 1.52. The van der Waals surface area contributed by atoms with Crippen molar-refractivity contribution in [1.29, 1.82) is 0 Å². The van der Waals surface area contributed by atoms with Gasteiger partial charge in [-0.3, -0.25) is 4.90 Å². The molecule has 0 N–H and O–H groups in total. The highest BCUT2D eigenvalue weighted by atomic mass is 19.1. The zero-order valence-electron chi connectivity index (χ0n) is 15.9. The van der Waals surface area contributed by atoms with Crippen LogP contribution in [-0.4, -0.2) is 35.7 Å². The minimum atomic E-state index is -0.575. The fraction of sp³-hybridized carbons (Fsp3) is 0.261. The van der Waals surface area contributed by atoms with Gasteiger partial charge in [-0.05, 0) is 17.7 Å². The van der Waals surface area contributed by atoms with Gasteiger partial charge < -0.3 is 9.47 Å². The predicted octanol–water partition coefficient (Wildman–Crippen LogP) is 4.38. The molecule has 2 atom stereocenters. The van der Waals surface area contributed by atoms with Crippen molar-refractivity contribution in [1.82, 2.24) is 9.88 Å². The van der Waals surface area contributed by atoms with Gasteiger partial charge in [-0.25, -0.2) is 13.8 Å². The molecule has 4 nitrogen and oxygen atoms in total. The number of hydrogen-bond acceptors (Lipinski definition) is 4. The van der Waals surface area contributed by atoms with Crippen LogP contribution in [0.4, 0.5) is 8.78 Å². The summed E-state index contributed by atoms with van der Waals surface area (Å²) >= 11 is 0. The van der Waals surface area contributed by atoms with Gasteiger partial charge in [0.15, 0.2) is 0 Å². The van der Waals surface area contributed by atoms with E-state index in [9.17, 15) is 8.78 Å². The number of pyridine rings is 1. The first-order valence-corrected chi connectivity index (χ1v) is 9.59. The largest absolute Gasteiger partial charge is 0.475 e. The van der Waals surface area contributed by atoms with Crippen LogP contribution in [0.5, 0.6) is 5.88 Å². The molecule has 4 rings (SSSR count). The van der Waals surface area contributed by atoms with Gasteiger partial charge in [0.25, 0.3) is 0 Å². The number of ether oxygens (including phenoxy) is 2. The van der Waals surface area contributed by atoms with Crippen LogP contribution >= 0.6 is 0 Å². The Kier molecular flexibility index (Phi) is 6.12. The van der Waals surface area contributed by atoms with E-state index in [1.165, 1.54) is 12.1 Å². The van der Waals surface area contributed by atoms with Gasteiger partial charge >= 0.3 is 0 Å². The standard InChI is InChI=1S/C23H22F2N2O2/c24-19-10-9-18(20(25)14-19)15-27-12-13-28-21(16-29-22-8-4-5-11-26-22)23(27)17-6-2-1-3-7-17/h1-11,14,21,23H,12-13,15-16H2/t21-,23-/m0/s1. The Hall–Kier alpha value is -2.83. The number of morpholine rings is 1. The van der Waals surface area contributed by atoms with E-state index in [1.807, 2.05) is 42.5 Å². The van der Waals surface area contributed by atoms with Gasteiger partial charge in [-0.2, -0.15) is 0 Å². The zero-order valence-corrected chi connectivity index (χ0v) is 15.9. The van der Waals surface area contributed by atoms with Gasteiger partial charge in [0, 0.05) is 37.0 Å². The molecule has 1 aromatic heterocycles. The highest BCUT2D eigenvalue weighted by Crippen LogP contribution is 2.32. The minimum absolute atomic E-state index is 0.127. The molecule has 0 spiro atoms. The molecule has 0 bridgehead atoms. The molecule has 29 heavy (non-hydrogen) atoms. The Morgan fingerprint density at radius 2 is 1.86 bits per heavy atom. The summed E-state index contributed by atoms with van der Waals surface area (Å²) in [7, 11) is 0. The number of rotatable bonds is 6. The maximum absolute atomic E-state index is 14.3. The molecule has 6 heteroatoms. The molecule has 0 radical (unpaired) electrons. The average molecular weight is 396 g/mol. The summed E-state index contributed by atoms with van der Waals surface area (Å²) in [5, 5.41) is 0. The van der Waals surface area contributed by atoms with Gasteiger partial charge in [-0.1, -0.05) is 42.5 Å². The molecule has 150 valence electrons. The summed E-state index contributed by atoms with van der Waals surface area (Å²) in [6, 6.07) is 19.0. The Morgan fingerprint density at radius 1 is 1.03 bits per heavy atom. The fourth-order valence-electron chi connectivity index (χ4n) is 3.65. The molecule has 0 saturated carbocycles. The highest BCUT2D eigenvalue weighted by Gasteiger charge is 2.34. The summed E-state index contributed by atoms with van der Waals surface area (Å²) in [6.45, 7) is 1.81. The second-order valence-corrected chi connectivity index (χ2v) is 6.95. The third kappa shape index (κ3) is 4.78. The number of benzene rings is 2. The van der Waals surface area contributed by atoms with E-state index in [4.69, 9.17) is 9.47 Å². The van der Waals surface area contributed by atoms with Gasteiger partial charge in [0.05, 0.1) is 12.6 Å². The van der Waals surface area contributed by atoms with Crippen molar-refractivity contribution in [3.63, 3.8) is 0 Å². The van der Waals surface area contributed by atoms with Crippen molar-refractivity contribution in [3.05, 3.63) is 95.7 Å². The Morgan fingerprint density at radius 3 is 2.62 bits per heavy atom. The van der Waals surface area contributed by atoms with Gasteiger partial charge in [-0.15, -0.1) is 0 Å². The van der Waals surface area contributed by atoms with Crippen molar-refractivity contribution < 1.29 is 18.3 Å². The lowest BCUT2D eigenvalue weighted by molar-refractivity contribution is -0.0927. The first kappa shape index (κ1) is 19.5. The van der Waals surface area contributed by atoms with Crippen LogP contribution in [0.1, 0.15) is 17.2 Å². The quantitative estimate of drug-likeness (QED) is 0.619. The van der Waals surface area contributed by atoms with Gasteiger partial charge in [0.1, 0.15) is 24.3 Å². The molecular weight excluding hydrogens is 374 g/mol. The van der Waals surface area contributed by atoms with Crippen LogP contribution in [0.3, 0.4) is 0 Å². The molecule has 1 aliphatic heterocycles. The fourth-order valence-corrected chi connectivity index (χ4v) is 3.65. The second-order valence-electron chi connectivity index (χ2n) is 6.95. The average Bonchev–Trinajstić information content (AvgIpc) is 2.75. The number of aromatic nitrogens is 1. The molecule has 3 aromatic rings. The monoisotopic (exact) mass is 396 g/mol. The van der Waals surface area contributed by atoms with E-state index in [2.05, 4.69) is 9.88 Å². The van der Waals surface area contributed by atoms with E-state index < -0.39 is 11.6 Å². The minimum Gasteiger partial charge on any atom is -0.475 e. The highest BCUT2D eigenvalue weighted by molar-refractivity contribution is 5.23. The van der Waals surface area contributed by atoms with Crippen molar-refractivity contribution >= 4 is 0 Å². The zero-order chi connectivity index (χ0) is 20.1. The Balaban J connectivity index is 1.57. The summed E-state index contributed by atoms with van der Waals surface area (Å²) in [4.78, 5) is 6.35. The summed E-state index contributed by atoms with van der Waals surface area (Å²) < 4.78 is 39.5. The third-order valence-electron chi connectivity index (χ3n) is 5.02. The van der Waals surface area contributed by atoms with Gasteiger partial charge in [0.2, 0.25) is 5.88 Å². The van der Waals surface area contributed by atoms with E-state index in [0.717, 1.165) is 11.6 Å². The predicted molar refractivity (Wildman–Crippen MR) is 105 cm³/mol. The molecule has 1 aliphatic rings. The molecule has 2 aromatic carbocycles. The molecular formula is C23H22F2N2O2. The topological polar surface area (TPSA) is 34.6 Å². The van der Waals surface area contributed by atoms with E-state index in [0.29, 0.717) is 37.7 Å². The van der Waals surface area contributed by atoms with E-state index >= 15 is 0 Å². The summed E-state index contributed by atoms with van der Waals surface area (Å²) in [5.74, 6) is -0.580. The lowest BCUT2D eigenvalue weighted by Gasteiger charge is -2.41. The molecule has 1 saturated heterocycles. The van der Waals surface area contributed by atoms with Crippen LogP contribution < -0.4 is 4.74 Å². The second kappa shape index (κ2) is 9.11. The molecule has 2 heterocycles. The SMILES string of the molecule is Fc1ccc(CN2CCO[C@@H](COc3ccccn3)[C@@H]2c2ccccc2)c(F)c1. The van der Waals surface area contributed by atoms with Crippen molar-refractivity contribution in [3.8, 4) is 5.88 Å². The Labute approximate surface area is 168 Å². The van der Waals surface area contributed by atoms with Crippen LogP contribution in [0.2, 0.25) is 0 Å².